The standard InChI is InChI=1S/C24H27F3N2O3/c1-15-11-21(31-10-9-28)22(25)16(2)19(15)12-18-6-7-20(32-14-30-3)23(29-18)17-5-4-8-24(26,27)13-17/h6-7,11,17H,4-5,8,10,12-14H2,1-3H3. The number of methoxy groups -OCH3 is 1. The number of halogens is 3. The summed E-state index contributed by atoms with van der Waals surface area (Å²) in [7, 11) is 1.49. The van der Waals surface area contributed by atoms with Crippen molar-refractivity contribution in [3.8, 4) is 17.6 Å². The van der Waals surface area contributed by atoms with Crippen LogP contribution < -0.4 is 9.47 Å². The van der Waals surface area contributed by atoms with Crippen LogP contribution in [0.3, 0.4) is 0 Å². The van der Waals surface area contributed by atoms with Crippen molar-refractivity contribution < 1.29 is 27.4 Å². The highest BCUT2D eigenvalue weighted by molar-refractivity contribution is 5.45. The number of ether oxygens (including phenoxy) is 3. The van der Waals surface area contributed by atoms with Crippen LogP contribution in [0, 0.1) is 31.0 Å². The van der Waals surface area contributed by atoms with Gasteiger partial charge in [-0.05, 0) is 61.6 Å². The number of benzene rings is 1. The fraction of sp³-hybridized carbons (Fsp3) is 0.500. The van der Waals surface area contributed by atoms with Crippen LogP contribution in [-0.4, -0.2) is 31.4 Å². The zero-order valence-corrected chi connectivity index (χ0v) is 18.5. The van der Waals surface area contributed by atoms with E-state index >= 15 is 0 Å². The summed E-state index contributed by atoms with van der Waals surface area (Å²) in [6.45, 7) is 3.23. The van der Waals surface area contributed by atoms with Gasteiger partial charge in [0, 0.05) is 38.0 Å². The number of pyridine rings is 1. The number of aromatic nitrogens is 1. The monoisotopic (exact) mass is 448 g/mol. The lowest BCUT2D eigenvalue weighted by Crippen LogP contribution is -2.26. The molecular weight excluding hydrogens is 421 g/mol. The lowest BCUT2D eigenvalue weighted by molar-refractivity contribution is -0.0417. The van der Waals surface area contributed by atoms with E-state index in [0.29, 0.717) is 42.0 Å². The molecule has 5 nitrogen and oxygen atoms in total. The number of rotatable bonds is 8. The maximum atomic E-state index is 14.8. The van der Waals surface area contributed by atoms with Crippen LogP contribution in [0.2, 0.25) is 0 Å². The molecule has 0 aliphatic heterocycles. The highest BCUT2D eigenvalue weighted by atomic mass is 19.3. The number of hydrogen-bond donors (Lipinski definition) is 0. The topological polar surface area (TPSA) is 64.4 Å². The van der Waals surface area contributed by atoms with Crippen LogP contribution in [0.1, 0.15) is 59.7 Å². The molecule has 32 heavy (non-hydrogen) atoms. The molecule has 3 rings (SSSR count). The van der Waals surface area contributed by atoms with E-state index < -0.39 is 17.7 Å². The molecule has 1 aliphatic rings. The van der Waals surface area contributed by atoms with Crippen molar-refractivity contribution >= 4 is 0 Å². The Kier molecular flexibility index (Phi) is 7.62. The summed E-state index contributed by atoms with van der Waals surface area (Å²) in [5.41, 5.74) is 3.07. The van der Waals surface area contributed by atoms with Crippen LogP contribution in [0.5, 0.6) is 11.5 Å². The second-order valence-electron chi connectivity index (χ2n) is 8.12. The maximum absolute atomic E-state index is 14.8. The van der Waals surface area contributed by atoms with Gasteiger partial charge in [0.25, 0.3) is 0 Å². The summed E-state index contributed by atoms with van der Waals surface area (Å²) in [5.74, 6) is -3.21. The van der Waals surface area contributed by atoms with Crippen molar-refractivity contribution in [2.24, 2.45) is 0 Å². The van der Waals surface area contributed by atoms with Gasteiger partial charge in [0.05, 0.1) is 5.69 Å². The van der Waals surface area contributed by atoms with Gasteiger partial charge in [-0.15, -0.1) is 0 Å². The Morgan fingerprint density at radius 3 is 2.69 bits per heavy atom. The summed E-state index contributed by atoms with van der Waals surface area (Å²) in [6.07, 6.45) is 0.960. The fourth-order valence-corrected chi connectivity index (χ4v) is 4.17. The largest absolute Gasteiger partial charge is 0.476 e. The molecule has 1 aliphatic carbocycles. The third-order valence-electron chi connectivity index (χ3n) is 5.77. The second-order valence-corrected chi connectivity index (χ2v) is 8.12. The maximum Gasteiger partial charge on any atom is 0.248 e. The first-order valence-corrected chi connectivity index (χ1v) is 10.5. The van der Waals surface area contributed by atoms with Gasteiger partial charge in [0.1, 0.15) is 11.8 Å². The van der Waals surface area contributed by atoms with E-state index in [1.165, 1.54) is 7.11 Å². The van der Waals surface area contributed by atoms with E-state index in [2.05, 4.69) is 4.98 Å². The third kappa shape index (κ3) is 5.52. The highest BCUT2D eigenvalue weighted by Crippen LogP contribution is 2.43. The number of nitriles is 1. The van der Waals surface area contributed by atoms with Crippen molar-refractivity contribution in [1.82, 2.24) is 4.98 Å². The van der Waals surface area contributed by atoms with E-state index in [4.69, 9.17) is 19.5 Å². The molecule has 0 N–H and O–H groups in total. The van der Waals surface area contributed by atoms with Gasteiger partial charge in [-0.2, -0.15) is 5.26 Å². The minimum Gasteiger partial charge on any atom is -0.476 e. The molecule has 1 heterocycles. The summed E-state index contributed by atoms with van der Waals surface area (Å²) in [4.78, 5) is 4.68. The Bertz CT molecular complexity index is 1000. The molecule has 1 aromatic heterocycles. The average Bonchev–Trinajstić information content (AvgIpc) is 2.76. The molecule has 172 valence electrons. The smallest absolute Gasteiger partial charge is 0.248 e. The lowest BCUT2D eigenvalue weighted by Gasteiger charge is -2.29. The molecule has 0 radical (unpaired) electrons. The molecule has 1 fully saturated rings. The molecule has 1 aromatic carbocycles. The fourth-order valence-electron chi connectivity index (χ4n) is 4.17. The lowest BCUT2D eigenvalue weighted by atomic mass is 9.83. The van der Waals surface area contributed by atoms with E-state index in [9.17, 15) is 13.2 Å². The first kappa shape index (κ1) is 23.9. The third-order valence-corrected chi connectivity index (χ3v) is 5.77. The molecule has 0 saturated heterocycles. The van der Waals surface area contributed by atoms with Crippen molar-refractivity contribution in [2.45, 2.75) is 57.8 Å². The van der Waals surface area contributed by atoms with E-state index in [1.807, 2.05) is 13.0 Å². The SMILES string of the molecule is COCOc1ccc(Cc2c(C)cc(OCC#N)c(F)c2C)nc1C1CCCC(F)(F)C1. The van der Waals surface area contributed by atoms with Crippen LogP contribution in [0.4, 0.5) is 13.2 Å². The molecule has 0 spiro atoms. The van der Waals surface area contributed by atoms with Crippen LogP contribution in [0.15, 0.2) is 18.2 Å². The number of alkyl halides is 2. The Morgan fingerprint density at radius 2 is 2.00 bits per heavy atom. The van der Waals surface area contributed by atoms with Gasteiger partial charge in [0.2, 0.25) is 5.92 Å². The zero-order valence-electron chi connectivity index (χ0n) is 18.5. The molecular formula is C24H27F3N2O3. The van der Waals surface area contributed by atoms with Crippen molar-refractivity contribution in [1.29, 1.82) is 5.26 Å². The van der Waals surface area contributed by atoms with Gasteiger partial charge >= 0.3 is 0 Å². The highest BCUT2D eigenvalue weighted by Gasteiger charge is 2.38. The van der Waals surface area contributed by atoms with Crippen LogP contribution in [-0.2, 0) is 11.2 Å². The summed E-state index contributed by atoms with van der Waals surface area (Å²) in [6, 6.07) is 6.86. The predicted molar refractivity (Wildman–Crippen MR) is 113 cm³/mol. The first-order valence-electron chi connectivity index (χ1n) is 10.5. The van der Waals surface area contributed by atoms with E-state index in [-0.39, 0.29) is 32.0 Å². The molecule has 8 heteroatoms. The Balaban J connectivity index is 1.94. The van der Waals surface area contributed by atoms with Crippen LogP contribution in [0.25, 0.3) is 0 Å². The summed E-state index contributed by atoms with van der Waals surface area (Å²) in [5, 5.41) is 8.68. The first-order chi connectivity index (χ1) is 15.3. The van der Waals surface area contributed by atoms with Gasteiger partial charge in [-0.25, -0.2) is 13.2 Å². The average molecular weight is 448 g/mol. The summed E-state index contributed by atoms with van der Waals surface area (Å²) < 4.78 is 58.7. The zero-order chi connectivity index (χ0) is 23.3. The van der Waals surface area contributed by atoms with E-state index in [0.717, 1.165) is 11.1 Å². The molecule has 1 unspecified atom stereocenters. The van der Waals surface area contributed by atoms with Gasteiger partial charge in [-0.3, -0.25) is 4.98 Å². The molecule has 0 bridgehead atoms. The van der Waals surface area contributed by atoms with Crippen molar-refractivity contribution in [3.05, 3.63) is 52.1 Å². The Hall–Kier alpha value is -2.79. The van der Waals surface area contributed by atoms with Gasteiger partial charge in [0.15, 0.2) is 25.0 Å². The second kappa shape index (κ2) is 10.2. The normalized spacial score (nSPS) is 17.6. The van der Waals surface area contributed by atoms with Gasteiger partial charge in [-0.1, -0.05) is 0 Å². The van der Waals surface area contributed by atoms with E-state index in [1.54, 1.807) is 25.1 Å². The number of nitrogens with zero attached hydrogens (tertiary/aromatic N) is 2. The summed E-state index contributed by atoms with van der Waals surface area (Å²) >= 11 is 0. The number of hydrogen-bond acceptors (Lipinski definition) is 5. The van der Waals surface area contributed by atoms with Gasteiger partial charge < -0.3 is 14.2 Å². The van der Waals surface area contributed by atoms with Crippen molar-refractivity contribution in [3.63, 3.8) is 0 Å². The molecule has 2 aromatic rings. The van der Waals surface area contributed by atoms with Crippen molar-refractivity contribution in [2.75, 3.05) is 20.5 Å². The van der Waals surface area contributed by atoms with Crippen LogP contribution >= 0.6 is 0 Å². The quantitative estimate of drug-likeness (QED) is 0.492. The molecule has 1 saturated carbocycles. The minimum absolute atomic E-state index is 0.00920. The molecule has 1 atom stereocenters. The Labute approximate surface area is 186 Å². The molecule has 0 amide bonds. The Morgan fingerprint density at radius 1 is 1.22 bits per heavy atom. The minimum atomic E-state index is -2.73. The predicted octanol–water partition coefficient (Wildman–Crippen LogP) is 5.61. The number of aryl methyl sites for hydroxylation is 1.